The van der Waals surface area contributed by atoms with E-state index in [9.17, 15) is 0 Å². The van der Waals surface area contributed by atoms with Gasteiger partial charge >= 0.3 is 0 Å². The molecule has 1 aromatic carbocycles. The number of benzene rings is 1. The summed E-state index contributed by atoms with van der Waals surface area (Å²) in [6, 6.07) is 15.7. The lowest BCUT2D eigenvalue weighted by Gasteiger charge is -2.37. The van der Waals surface area contributed by atoms with Crippen LogP contribution in [0.15, 0.2) is 47.8 Å². The predicted molar refractivity (Wildman–Crippen MR) is 78.5 cm³/mol. The summed E-state index contributed by atoms with van der Waals surface area (Å²) in [5.41, 5.74) is 1.42. The molecule has 2 heterocycles. The first kappa shape index (κ1) is 11.8. The number of piperazine rings is 1. The SMILES string of the molecule is c1ccc(CC2CNCCN2c2cccs2)cc1. The fraction of sp³-hybridized carbons (Fsp3) is 0.333. The third-order valence-corrected chi connectivity index (χ3v) is 4.36. The molecule has 18 heavy (non-hydrogen) atoms. The van der Waals surface area contributed by atoms with Gasteiger partial charge in [0.1, 0.15) is 0 Å². The van der Waals surface area contributed by atoms with E-state index in [0.29, 0.717) is 6.04 Å². The number of hydrogen-bond donors (Lipinski definition) is 1. The van der Waals surface area contributed by atoms with Crippen LogP contribution in [-0.2, 0) is 6.42 Å². The maximum atomic E-state index is 3.51. The van der Waals surface area contributed by atoms with Crippen LogP contribution in [0.25, 0.3) is 0 Å². The summed E-state index contributed by atoms with van der Waals surface area (Å²) >= 11 is 1.84. The van der Waals surface area contributed by atoms with Crippen LogP contribution >= 0.6 is 11.3 Å². The van der Waals surface area contributed by atoms with Crippen molar-refractivity contribution in [3.05, 3.63) is 53.4 Å². The molecule has 0 bridgehead atoms. The second-order valence-electron chi connectivity index (χ2n) is 4.69. The average molecular weight is 258 g/mol. The molecule has 0 saturated carbocycles. The highest BCUT2D eigenvalue weighted by atomic mass is 32.1. The fourth-order valence-corrected chi connectivity index (χ4v) is 3.38. The van der Waals surface area contributed by atoms with Crippen molar-refractivity contribution in [3.8, 4) is 0 Å². The standard InChI is InChI=1S/C15H18N2S/c1-2-5-13(6-3-1)11-14-12-16-8-9-17(14)15-7-4-10-18-15/h1-7,10,14,16H,8-9,11-12H2. The molecule has 1 unspecified atom stereocenters. The Bertz CT molecular complexity index is 467. The van der Waals surface area contributed by atoms with Gasteiger partial charge in [0.25, 0.3) is 0 Å². The highest BCUT2D eigenvalue weighted by molar-refractivity contribution is 7.14. The van der Waals surface area contributed by atoms with Crippen molar-refractivity contribution in [2.24, 2.45) is 0 Å². The topological polar surface area (TPSA) is 15.3 Å². The van der Waals surface area contributed by atoms with Crippen LogP contribution in [0.3, 0.4) is 0 Å². The zero-order valence-corrected chi connectivity index (χ0v) is 11.2. The summed E-state index contributed by atoms with van der Waals surface area (Å²) in [6.07, 6.45) is 1.12. The molecule has 1 aromatic heterocycles. The largest absolute Gasteiger partial charge is 0.358 e. The minimum atomic E-state index is 0.569. The van der Waals surface area contributed by atoms with Crippen LogP contribution in [0.5, 0.6) is 0 Å². The zero-order valence-electron chi connectivity index (χ0n) is 10.4. The van der Waals surface area contributed by atoms with Gasteiger partial charge in [-0.2, -0.15) is 0 Å². The second-order valence-corrected chi connectivity index (χ2v) is 5.62. The lowest BCUT2D eigenvalue weighted by atomic mass is 10.0. The molecule has 3 rings (SSSR count). The Labute approximate surface area is 112 Å². The third kappa shape index (κ3) is 2.57. The molecule has 2 aromatic rings. The minimum Gasteiger partial charge on any atom is -0.358 e. The van der Waals surface area contributed by atoms with Gasteiger partial charge < -0.3 is 10.2 Å². The number of rotatable bonds is 3. The fourth-order valence-electron chi connectivity index (χ4n) is 2.55. The van der Waals surface area contributed by atoms with Crippen molar-refractivity contribution in [1.82, 2.24) is 5.32 Å². The molecule has 1 aliphatic heterocycles. The lowest BCUT2D eigenvalue weighted by Crippen LogP contribution is -2.52. The first-order valence-corrected chi connectivity index (χ1v) is 7.36. The zero-order chi connectivity index (χ0) is 12.2. The highest BCUT2D eigenvalue weighted by Crippen LogP contribution is 2.25. The molecule has 94 valence electrons. The van der Waals surface area contributed by atoms with Crippen molar-refractivity contribution < 1.29 is 0 Å². The Balaban J connectivity index is 1.76. The number of hydrogen-bond acceptors (Lipinski definition) is 3. The van der Waals surface area contributed by atoms with Crippen LogP contribution in [-0.4, -0.2) is 25.7 Å². The molecule has 0 spiro atoms. The lowest BCUT2D eigenvalue weighted by molar-refractivity contribution is 0.476. The molecular weight excluding hydrogens is 240 g/mol. The Morgan fingerprint density at radius 2 is 2.06 bits per heavy atom. The van der Waals surface area contributed by atoms with E-state index in [1.54, 1.807) is 0 Å². The summed E-state index contributed by atoms with van der Waals surface area (Å²) < 4.78 is 0. The van der Waals surface area contributed by atoms with Gasteiger partial charge in [-0.15, -0.1) is 11.3 Å². The van der Waals surface area contributed by atoms with E-state index in [-0.39, 0.29) is 0 Å². The van der Waals surface area contributed by atoms with E-state index in [4.69, 9.17) is 0 Å². The van der Waals surface area contributed by atoms with Crippen LogP contribution in [0.4, 0.5) is 5.00 Å². The molecule has 0 aliphatic carbocycles. The molecule has 0 radical (unpaired) electrons. The van der Waals surface area contributed by atoms with Gasteiger partial charge in [0.2, 0.25) is 0 Å². The number of thiophene rings is 1. The Morgan fingerprint density at radius 1 is 1.17 bits per heavy atom. The van der Waals surface area contributed by atoms with Gasteiger partial charge in [-0.25, -0.2) is 0 Å². The first-order valence-electron chi connectivity index (χ1n) is 6.48. The summed E-state index contributed by atoms with van der Waals surface area (Å²) in [6.45, 7) is 3.27. The Hall–Kier alpha value is -1.32. The molecule has 1 atom stereocenters. The molecule has 1 fully saturated rings. The monoisotopic (exact) mass is 258 g/mol. The van der Waals surface area contributed by atoms with Crippen LogP contribution in [0, 0.1) is 0 Å². The van der Waals surface area contributed by atoms with Crippen molar-refractivity contribution in [2.45, 2.75) is 12.5 Å². The summed E-state index contributed by atoms with van der Waals surface area (Å²) in [5.74, 6) is 0. The van der Waals surface area contributed by atoms with Crippen molar-refractivity contribution in [3.63, 3.8) is 0 Å². The average Bonchev–Trinajstić information content (AvgIpc) is 2.94. The molecule has 1 aliphatic rings. The molecule has 2 nitrogen and oxygen atoms in total. The summed E-state index contributed by atoms with van der Waals surface area (Å²) in [5, 5.41) is 7.07. The quantitative estimate of drug-likeness (QED) is 0.910. The Kier molecular flexibility index (Phi) is 3.62. The first-order chi connectivity index (χ1) is 8.93. The van der Waals surface area contributed by atoms with Crippen molar-refractivity contribution in [2.75, 3.05) is 24.5 Å². The molecule has 3 heteroatoms. The number of nitrogens with one attached hydrogen (secondary N) is 1. The molecule has 1 saturated heterocycles. The summed E-state index contributed by atoms with van der Waals surface area (Å²) in [4.78, 5) is 2.55. The van der Waals surface area contributed by atoms with E-state index >= 15 is 0 Å². The maximum Gasteiger partial charge on any atom is 0.0911 e. The van der Waals surface area contributed by atoms with Gasteiger partial charge in [0, 0.05) is 25.7 Å². The van der Waals surface area contributed by atoms with E-state index in [1.807, 2.05) is 11.3 Å². The van der Waals surface area contributed by atoms with Gasteiger partial charge in [0.15, 0.2) is 0 Å². The second kappa shape index (κ2) is 5.55. The number of anilines is 1. The summed E-state index contributed by atoms with van der Waals surface area (Å²) in [7, 11) is 0. The van der Waals surface area contributed by atoms with E-state index in [1.165, 1.54) is 10.6 Å². The third-order valence-electron chi connectivity index (χ3n) is 3.45. The molecule has 0 amide bonds. The predicted octanol–water partition coefficient (Wildman–Crippen LogP) is 2.77. The van der Waals surface area contributed by atoms with Gasteiger partial charge in [0.05, 0.1) is 5.00 Å². The van der Waals surface area contributed by atoms with Crippen LogP contribution in [0.2, 0.25) is 0 Å². The van der Waals surface area contributed by atoms with Crippen LogP contribution < -0.4 is 10.2 Å². The van der Waals surface area contributed by atoms with Gasteiger partial charge in [-0.05, 0) is 29.5 Å². The maximum absolute atomic E-state index is 3.51. The van der Waals surface area contributed by atoms with E-state index in [2.05, 4.69) is 58.1 Å². The van der Waals surface area contributed by atoms with Gasteiger partial charge in [-0.3, -0.25) is 0 Å². The molecule has 1 N–H and O–H groups in total. The van der Waals surface area contributed by atoms with E-state index in [0.717, 1.165) is 26.1 Å². The smallest absolute Gasteiger partial charge is 0.0911 e. The van der Waals surface area contributed by atoms with Crippen molar-refractivity contribution >= 4 is 16.3 Å². The van der Waals surface area contributed by atoms with Gasteiger partial charge in [-0.1, -0.05) is 30.3 Å². The number of nitrogens with zero attached hydrogens (tertiary/aromatic N) is 1. The highest BCUT2D eigenvalue weighted by Gasteiger charge is 2.23. The van der Waals surface area contributed by atoms with E-state index < -0.39 is 0 Å². The normalized spacial score (nSPS) is 20.0. The Morgan fingerprint density at radius 3 is 2.83 bits per heavy atom. The molecular formula is C15H18N2S. The minimum absolute atomic E-state index is 0.569. The van der Waals surface area contributed by atoms with Crippen LogP contribution in [0.1, 0.15) is 5.56 Å². The van der Waals surface area contributed by atoms with Crippen molar-refractivity contribution in [1.29, 1.82) is 0 Å².